The van der Waals surface area contributed by atoms with Crippen molar-refractivity contribution in [3.05, 3.63) is 12.2 Å². The van der Waals surface area contributed by atoms with Crippen molar-refractivity contribution < 1.29 is 28.6 Å². The summed E-state index contributed by atoms with van der Waals surface area (Å²) in [7, 11) is 0. The van der Waals surface area contributed by atoms with E-state index in [1.165, 1.54) is 308 Å². The van der Waals surface area contributed by atoms with Crippen molar-refractivity contribution in [1.29, 1.82) is 0 Å². The number of allylic oxidation sites excluding steroid dienone is 2. The van der Waals surface area contributed by atoms with Gasteiger partial charge in [0.25, 0.3) is 0 Å². The molecular weight excluding hydrogens is 949 g/mol. The molecule has 0 saturated heterocycles. The molecule has 0 aromatic carbocycles. The Hall–Kier alpha value is -1.85. The third-order valence-corrected chi connectivity index (χ3v) is 16.3. The van der Waals surface area contributed by atoms with E-state index in [0.717, 1.165) is 57.8 Å². The van der Waals surface area contributed by atoms with E-state index in [9.17, 15) is 14.4 Å². The first-order valence-corrected chi connectivity index (χ1v) is 35.2. The van der Waals surface area contributed by atoms with E-state index in [2.05, 4.69) is 32.9 Å². The number of unbranched alkanes of at least 4 members (excludes halogenated alkanes) is 53. The number of ether oxygens (including phenoxy) is 3. The molecule has 0 amide bonds. The lowest BCUT2D eigenvalue weighted by Crippen LogP contribution is -2.30. The van der Waals surface area contributed by atoms with E-state index < -0.39 is 6.10 Å². The Bertz CT molecular complexity index is 1200. The maximum absolute atomic E-state index is 12.9. The van der Waals surface area contributed by atoms with Gasteiger partial charge in [0.05, 0.1) is 0 Å². The molecule has 0 N–H and O–H groups in total. The summed E-state index contributed by atoms with van der Waals surface area (Å²) in [6.45, 7) is 6.71. The van der Waals surface area contributed by atoms with Crippen LogP contribution >= 0.6 is 0 Å². The van der Waals surface area contributed by atoms with Crippen LogP contribution in [-0.4, -0.2) is 37.2 Å². The minimum absolute atomic E-state index is 0.0621. The fourth-order valence-corrected chi connectivity index (χ4v) is 11.0. The van der Waals surface area contributed by atoms with E-state index >= 15 is 0 Å². The average Bonchev–Trinajstić information content (AvgIpc) is 3.43. The third kappa shape index (κ3) is 64.9. The molecule has 0 rings (SSSR count). The summed E-state index contributed by atoms with van der Waals surface area (Å²) in [5.74, 6) is -0.831. The zero-order valence-corrected chi connectivity index (χ0v) is 52.5. The second-order valence-electron chi connectivity index (χ2n) is 24.2. The van der Waals surface area contributed by atoms with E-state index in [-0.39, 0.29) is 31.1 Å². The zero-order valence-electron chi connectivity index (χ0n) is 52.5. The summed E-state index contributed by atoms with van der Waals surface area (Å²) in [6.07, 6.45) is 79.8. The second-order valence-corrected chi connectivity index (χ2v) is 24.2. The van der Waals surface area contributed by atoms with Crippen LogP contribution in [0.2, 0.25) is 0 Å². The first kappa shape index (κ1) is 75.2. The molecule has 0 radical (unpaired) electrons. The molecule has 0 bridgehead atoms. The van der Waals surface area contributed by atoms with Crippen LogP contribution in [0, 0.1) is 0 Å². The molecular formula is C71H136O6. The van der Waals surface area contributed by atoms with Gasteiger partial charge < -0.3 is 14.2 Å². The van der Waals surface area contributed by atoms with Crippen LogP contribution in [0.4, 0.5) is 0 Å². The molecule has 1 atom stereocenters. The van der Waals surface area contributed by atoms with Crippen molar-refractivity contribution in [2.75, 3.05) is 13.2 Å². The molecule has 0 aliphatic rings. The van der Waals surface area contributed by atoms with Crippen LogP contribution in [0.1, 0.15) is 406 Å². The van der Waals surface area contributed by atoms with Crippen LogP contribution in [-0.2, 0) is 28.6 Å². The molecule has 0 saturated carbocycles. The van der Waals surface area contributed by atoms with Crippen molar-refractivity contribution in [2.45, 2.75) is 412 Å². The normalized spacial score (nSPS) is 12.0. The van der Waals surface area contributed by atoms with Crippen molar-refractivity contribution in [3.63, 3.8) is 0 Å². The van der Waals surface area contributed by atoms with Gasteiger partial charge in [0.2, 0.25) is 0 Å². The van der Waals surface area contributed by atoms with Crippen molar-refractivity contribution >= 4 is 17.9 Å². The second kappa shape index (κ2) is 66.7. The van der Waals surface area contributed by atoms with Crippen molar-refractivity contribution in [3.8, 4) is 0 Å². The summed E-state index contributed by atoms with van der Waals surface area (Å²) in [4.78, 5) is 38.2. The van der Waals surface area contributed by atoms with Gasteiger partial charge in [-0.15, -0.1) is 0 Å². The number of carbonyl (C=O) groups is 3. The molecule has 0 aromatic rings. The van der Waals surface area contributed by atoms with Gasteiger partial charge in [0.15, 0.2) is 6.10 Å². The Morgan fingerprint density at radius 3 is 0.649 bits per heavy atom. The maximum atomic E-state index is 12.9. The molecule has 0 aliphatic heterocycles. The Balaban J connectivity index is 4.00. The lowest BCUT2D eigenvalue weighted by atomic mass is 10.0. The monoisotopic (exact) mass is 1090 g/mol. The van der Waals surface area contributed by atoms with Crippen LogP contribution in [0.3, 0.4) is 0 Å². The Labute approximate surface area is 481 Å². The number of carbonyl (C=O) groups excluding carboxylic acids is 3. The van der Waals surface area contributed by atoms with Crippen molar-refractivity contribution in [1.82, 2.24) is 0 Å². The topological polar surface area (TPSA) is 78.9 Å². The van der Waals surface area contributed by atoms with E-state index in [1.807, 2.05) is 0 Å². The summed E-state index contributed by atoms with van der Waals surface area (Å²) >= 11 is 0. The number of hydrogen-bond donors (Lipinski definition) is 0. The van der Waals surface area contributed by atoms with Crippen LogP contribution < -0.4 is 0 Å². The predicted octanol–water partition coefficient (Wildman–Crippen LogP) is 24.0. The summed E-state index contributed by atoms with van der Waals surface area (Å²) < 4.78 is 16.9. The zero-order chi connectivity index (χ0) is 55.7. The molecule has 0 heterocycles. The van der Waals surface area contributed by atoms with Crippen molar-refractivity contribution in [2.24, 2.45) is 0 Å². The van der Waals surface area contributed by atoms with E-state index in [0.29, 0.717) is 19.3 Å². The number of esters is 3. The molecule has 0 aliphatic carbocycles. The van der Waals surface area contributed by atoms with Crippen LogP contribution in [0.5, 0.6) is 0 Å². The standard InChI is InChI=1S/C71H136O6/c1-4-7-10-13-16-19-22-24-26-28-29-30-31-32-33-34-35-36-37-38-39-40-41-42-43-44-46-47-49-52-55-58-61-64-70(73)76-67-68(66-75-69(72)63-60-57-54-51-21-18-15-12-9-6-3)77-71(74)65-62-59-56-53-50-48-45-27-25-23-20-17-14-11-8-5-2/h28-29,68H,4-27,30-67H2,1-3H3/b29-28-. The molecule has 0 spiro atoms. The summed E-state index contributed by atoms with van der Waals surface area (Å²) in [6, 6.07) is 0. The lowest BCUT2D eigenvalue weighted by molar-refractivity contribution is -0.167. The molecule has 77 heavy (non-hydrogen) atoms. The van der Waals surface area contributed by atoms with Gasteiger partial charge >= 0.3 is 17.9 Å². The molecule has 0 fully saturated rings. The Morgan fingerprint density at radius 1 is 0.247 bits per heavy atom. The first-order valence-electron chi connectivity index (χ1n) is 35.2. The summed E-state index contributed by atoms with van der Waals surface area (Å²) in [5.41, 5.74) is 0. The maximum Gasteiger partial charge on any atom is 0.306 e. The van der Waals surface area contributed by atoms with E-state index in [4.69, 9.17) is 14.2 Å². The van der Waals surface area contributed by atoms with Gasteiger partial charge in [-0.25, -0.2) is 0 Å². The van der Waals surface area contributed by atoms with Gasteiger partial charge in [-0.3, -0.25) is 14.4 Å². The third-order valence-electron chi connectivity index (χ3n) is 16.3. The minimum atomic E-state index is -0.763. The SMILES string of the molecule is CCCCCCCCCC/C=C\CCCCCCCCCCCCCCCCCCCCCCCC(=O)OCC(COC(=O)CCCCCCCCCCCC)OC(=O)CCCCCCCCCCCCCCCCCC. The minimum Gasteiger partial charge on any atom is -0.462 e. The van der Waals surface area contributed by atoms with Crippen LogP contribution in [0.25, 0.3) is 0 Å². The molecule has 0 aromatic heterocycles. The Kier molecular flexibility index (Phi) is 65.1. The van der Waals surface area contributed by atoms with E-state index in [1.54, 1.807) is 0 Å². The first-order chi connectivity index (χ1) is 38.0. The van der Waals surface area contributed by atoms with Gasteiger partial charge in [0.1, 0.15) is 13.2 Å². The highest BCUT2D eigenvalue weighted by atomic mass is 16.6. The molecule has 6 nitrogen and oxygen atoms in total. The number of rotatable bonds is 66. The highest BCUT2D eigenvalue weighted by Gasteiger charge is 2.19. The molecule has 1 unspecified atom stereocenters. The highest BCUT2D eigenvalue weighted by Crippen LogP contribution is 2.19. The smallest absolute Gasteiger partial charge is 0.306 e. The fraction of sp³-hybridized carbons (Fsp3) is 0.930. The molecule has 456 valence electrons. The average molecular weight is 1090 g/mol. The quantitative estimate of drug-likeness (QED) is 0.0261. The van der Waals surface area contributed by atoms with Gasteiger partial charge in [-0.05, 0) is 44.9 Å². The summed E-state index contributed by atoms with van der Waals surface area (Å²) in [5, 5.41) is 0. The Morgan fingerprint density at radius 2 is 0.429 bits per heavy atom. The van der Waals surface area contributed by atoms with Gasteiger partial charge in [0, 0.05) is 19.3 Å². The van der Waals surface area contributed by atoms with Crippen LogP contribution in [0.15, 0.2) is 12.2 Å². The lowest BCUT2D eigenvalue weighted by Gasteiger charge is -2.18. The fourth-order valence-electron chi connectivity index (χ4n) is 11.0. The largest absolute Gasteiger partial charge is 0.462 e. The predicted molar refractivity (Wildman–Crippen MR) is 335 cm³/mol. The molecule has 6 heteroatoms. The van der Waals surface area contributed by atoms with Gasteiger partial charge in [-0.1, -0.05) is 354 Å². The highest BCUT2D eigenvalue weighted by molar-refractivity contribution is 5.71. The van der Waals surface area contributed by atoms with Gasteiger partial charge in [-0.2, -0.15) is 0 Å². The number of hydrogen-bond acceptors (Lipinski definition) is 6.